The van der Waals surface area contributed by atoms with Crippen LogP contribution in [0.5, 0.6) is 0 Å². The quantitative estimate of drug-likeness (QED) is 0.858. The summed E-state index contributed by atoms with van der Waals surface area (Å²) < 4.78 is 27.2. The first-order chi connectivity index (χ1) is 10.7. The van der Waals surface area contributed by atoms with E-state index < -0.39 is 16.1 Å². The van der Waals surface area contributed by atoms with Crippen LogP contribution in [0.15, 0.2) is 23.1 Å². The molecule has 0 bridgehead atoms. The molecule has 1 aliphatic heterocycles. The topological polar surface area (TPSA) is 69.7 Å². The average Bonchev–Trinajstić information content (AvgIpc) is 2.49. The van der Waals surface area contributed by atoms with Gasteiger partial charge in [0, 0.05) is 31.2 Å². The Labute approximate surface area is 146 Å². The molecule has 2 rings (SSSR count). The van der Waals surface area contributed by atoms with Crippen molar-refractivity contribution in [3.05, 3.63) is 28.2 Å². The molecule has 1 heterocycles. The van der Waals surface area contributed by atoms with Crippen molar-refractivity contribution < 1.29 is 13.2 Å². The van der Waals surface area contributed by atoms with Gasteiger partial charge in [0.05, 0.1) is 11.1 Å². The van der Waals surface area contributed by atoms with Gasteiger partial charge in [-0.05, 0) is 32.2 Å². The van der Waals surface area contributed by atoms with Crippen LogP contribution in [-0.4, -0.2) is 63.4 Å². The molecule has 0 spiro atoms. The summed E-state index contributed by atoms with van der Waals surface area (Å²) in [7, 11) is -1.95. The molecule has 1 aromatic rings. The van der Waals surface area contributed by atoms with Crippen molar-refractivity contribution in [2.75, 3.05) is 33.2 Å². The second kappa shape index (κ2) is 7.36. The molecule has 0 saturated carbocycles. The molecular formula is C14H19Cl2N3O3S. The van der Waals surface area contributed by atoms with Crippen LogP contribution in [0.4, 0.5) is 0 Å². The van der Waals surface area contributed by atoms with E-state index in [-0.39, 0.29) is 20.8 Å². The van der Waals surface area contributed by atoms with Gasteiger partial charge >= 0.3 is 0 Å². The van der Waals surface area contributed by atoms with E-state index in [0.717, 1.165) is 13.1 Å². The van der Waals surface area contributed by atoms with E-state index >= 15 is 0 Å². The molecule has 1 saturated heterocycles. The van der Waals surface area contributed by atoms with E-state index in [1.807, 2.05) is 7.05 Å². The number of nitrogens with one attached hydrogen (secondary N) is 1. The van der Waals surface area contributed by atoms with Gasteiger partial charge in [0.15, 0.2) is 0 Å². The van der Waals surface area contributed by atoms with Crippen molar-refractivity contribution >= 4 is 39.1 Å². The van der Waals surface area contributed by atoms with Gasteiger partial charge in [-0.25, -0.2) is 8.42 Å². The third-order valence-electron chi connectivity index (χ3n) is 3.70. The largest absolute Gasteiger partial charge is 0.339 e. The Bertz CT molecular complexity index is 689. The Hall–Kier alpha value is -0.860. The maximum absolute atomic E-state index is 12.4. The lowest BCUT2D eigenvalue weighted by atomic mass is 10.2. The number of likely N-dealkylation sites (N-methyl/N-ethyl adjacent to an activating group) is 1. The lowest BCUT2D eigenvalue weighted by Gasteiger charge is -2.34. The fourth-order valence-corrected chi connectivity index (χ4v) is 4.29. The molecule has 23 heavy (non-hydrogen) atoms. The number of piperazine rings is 1. The highest BCUT2D eigenvalue weighted by atomic mass is 35.5. The number of hydrogen-bond acceptors (Lipinski definition) is 4. The monoisotopic (exact) mass is 379 g/mol. The molecule has 0 aromatic heterocycles. The van der Waals surface area contributed by atoms with Crippen LogP contribution in [-0.2, 0) is 14.8 Å². The highest BCUT2D eigenvalue weighted by molar-refractivity contribution is 7.89. The van der Waals surface area contributed by atoms with Crippen molar-refractivity contribution in [1.29, 1.82) is 0 Å². The van der Waals surface area contributed by atoms with Crippen LogP contribution < -0.4 is 4.72 Å². The third kappa shape index (κ3) is 4.58. The van der Waals surface area contributed by atoms with Crippen molar-refractivity contribution in [2.45, 2.75) is 17.9 Å². The maximum atomic E-state index is 12.4. The van der Waals surface area contributed by atoms with Gasteiger partial charge in [-0.15, -0.1) is 0 Å². The predicted octanol–water partition coefficient (Wildman–Crippen LogP) is 1.43. The minimum Gasteiger partial charge on any atom is -0.339 e. The molecule has 128 valence electrons. The zero-order valence-electron chi connectivity index (χ0n) is 12.9. The van der Waals surface area contributed by atoms with Crippen molar-refractivity contribution in [3.63, 3.8) is 0 Å². The lowest BCUT2D eigenvalue weighted by Crippen LogP contribution is -2.53. The van der Waals surface area contributed by atoms with Crippen molar-refractivity contribution in [2.24, 2.45) is 0 Å². The number of amides is 1. The molecule has 1 atom stereocenters. The molecular weight excluding hydrogens is 361 g/mol. The Morgan fingerprint density at radius 1 is 1.22 bits per heavy atom. The number of sulfonamides is 1. The predicted molar refractivity (Wildman–Crippen MR) is 90.3 cm³/mol. The Kier molecular flexibility index (Phi) is 5.91. The molecule has 9 heteroatoms. The highest BCUT2D eigenvalue weighted by Gasteiger charge is 2.28. The van der Waals surface area contributed by atoms with Gasteiger partial charge in [-0.2, -0.15) is 4.72 Å². The SMILES string of the molecule is C[C@@H](NS(=O)(=O)c1cc(Cl)ccc1Cl)C(=O)N1CCN(C)CC1. The molecule has 0 radical (unpaired) electrons. The number of halogens is 2. The van der Waals surface area contributed by atoms with E-state index in [4.69, 9.17) is 23.2 Å². The number of carbonyl (C=O) groups is 1. The van der Waals surface area contributed by atoms with Crippen molar-refractivity contribution in [3.8, 4) is 0 Å². The normalized spacial score (nSPS) is 18.0. The summed E-state index contributed by atoms with van der Waals surface area (Å²) >= 11 is 11.8. The number of hydrogen-bond donors (Lipinski definition) is 1. The molecule has 0 aliphatic carbocycles. The van der Waals surface area contributed by atoms with Gasteiger partial charge in [0.2, 0.25) is 15.9 Å². The minimum absolute atomic E-state index is 0.0566. The Morgan fingerprint density at radius 3 is 2.43 bits per heavy atom. The van der Waals surface area contributed by atoms with E-state index in [2.05, 4.69) is 9.62 Å². The van der Waals surface area contributed by atoms with Gasteiger partial charge < -0.3 is 9.80 Å². The van der Waals surface area contributed by atoms with Crippen LogP contribution in [0.1, 0.15) is 6.92 Å². The molecule has 1 amide bonds. The highest BCUT2D eigenvalue weighted by Crippen LogP contribution is 2.25. The summed E-state index contributed by atoms with van der Waals surface area (Å²) in [6.45, 7) is 4.23. The number of carbonyl (C=O) groups excluding carboxylic acids is 1. The van der Waals surface area contributed by atoms with Crippen LogP contribution in [0, 0.1) is 0 Å². The smallest absolute Gasteiger partial charge is 0.242 e. The van der Waals surface area contributed by atoms with Gasteiger partial charge in [0.25, 0.3) is 0 Å². The number of benzene rings is 1. The van der Waals surface area contributed by atoms with Crippen LogP contribution >= 0.6 is 23.2 Å². The van der Waals surface area contributed by atoms with Gasteiger partial charge in [-0.3, -0.25) is 4.79 Å². The molecule has 1 fully saturated rings. The zero-order valence-corrected chi connectivity index (χ0v) is 15.2. The summed E-state index contributed by atoms with van der Waals surface area (Å²) in [6.07, 6.45) is 0. The maximum Gasteiger partial charge on any atom is 0.242 e. The van der Waals surface area contributed by atoms with Crippen LogP contribution in [0.25, 0.3) is 0 Å². The van der Waals surface area contributed by atoms with E-state index in [1.54, 1.807) is 4.90 Å². The first kappa shape index (κ1) is 18.5. The molecule has 1 aliphatic rings. The van der Waals surface area contributed by atoms with E-state index in [1.165, 1.54) is 25.1 Å². The Morgan fingerprint density at radius 2 is 1.83 bits per heavy atom. The average molecular weight is 380 g/mol. The number of rotatable bonds is 4. The van der Waals surface area contributed by atoms with Gasteiger partial charge in [-0.1, -0.05) is 23.2 Å². The van der Waals surface area contributed by atoms with E-state index in [9.17, 15) is 13.2 Å². The van der Waals surface area contributed by atoms with Gasteiger partial charge in [0.1, 0.15) is 4.90 Å². The second-order valence-electron chi connectivity index (χ2n) is 5.55. The molecule has 1 aromatic carbocycles. The molecule has 0 unspecified atom stereocenters. The first-order valence-electron chi connectivity index (χ1n) is 7.15. The second-order valence-corrected chi connectivity index (χ2v) is 8.07. The Balaban J connectivity index is 2.10. The summed E-state index contributed by atoms with van der Waals surface area (Å²) in [5.41, 5.74) is 0. The van der Waals surface area contributed by atoms with E-state index in [0.29, 0.717) is 13.1 Å². The van der Waals surface area contributed by atoms with Crippen LogP contribution in [0.2, 0.25) is 10.0 Å². The fraction of sp³-hybridized carbons (Fsp3) is 0.500. The summed E-state index contributed by atoms with van der Waals surface area (Å²) in [5, 5.41) is 0.314. The lowest BCUT2D eigenvalue weighted by molar-refractivity contribution is -0.134. The third-order valence-corrected chi connectivity index (χ3v) is 5.96. The first-order valence-corrected chi connectivity index (χ1v) is 9.39. The fourth-order valence-electron chi connectivity index (χ4n) is 2.33. The molecule has 6 nitrogen and oxygen atoms in total. The minimum atomic E-state index is -3.93. The zero-order chi connectivity index (χ0) is 17.2. The van der Waals surface area contributed by atoms with Crippen molar-refractivity contribution in [1.82, 2.24) is 14.5 Å². The summed E-state index contributed by atoms with van der Waals surface area (Å²) in [4.78, 5) is 16.0. The standard InChI is InChI=1S/C14H19Cl2N3O3S/c1-10(14(20)19-7-5-18(2)6-8-19)17-23(21,22)13-9-11(15)3-4-12(13)16/h3-4,9-10,17H,5-8H2,1-2H3/t10-/m1/s1. The van der Waals surface area contributed by atoms with Crippen LogP contribution in [0.3, 0.4) is 0 Å². The summed E-state index contributed by atoms with van der Waals surface area (Å²) in [6, 6.07) is 3.30. The number of nitrogens with zero attached hydrogens (tertiary/aromatic N) is 2. The molecule has 1 N–H and O–H groups in total. The summed E-state index contributed by atoms with van der Waals surface area (Å²) in [5.74, 6) is -0.250.